The molecule has 4 nitrogen and oxygen atoms in total. The second-order valence-electron chi connectivity index (χ2n) is 7.62. The first-order valence-corrected chi connectivity index (χ1v) is 11.1. The van der Waals surface area contributed by atoms with Crippen molar-refractivity contribution in [3.8, 4) is 5.75 Å². The van der Waals surface area contributed by atoms with Crippen LogP contribution in [0, 0.1) is 0 Å². The molecular formula is C24H38O4. The molecule has 0 aliphatic carbocycles. The molecule has 0 radical (unpaired) electrons. The maximum atomic E-state index is 12.2. The first kappa shape index (κ1) is 24.2. The van der Waals surface area contributed by atoms with Crippen molar-refractivity contribution in [3.63, 3.8) is 0 Å². The quantitative estimate of drug-likeness (QED) is 0.221. The van der Waals surface area contributed by atoms with Gasteiger partial charge >= 0.3 is 5.97 Å². The van der Waals surface area contributed by atoms with Crippen LogP contribution in [0.25, 0.3) is 0 Å². The Morgan fingerprint density at radius 3 is 1.68 bits per heavy atom. The van der Waals surface area contributed by atoms with E-state index in [0.29, 0.717) is 17.7 Å². The average molecular weight is 391 g/mol. The van der Waals surface area contributed by atoms with Gasteiger partial charge in [-0.2, -0.15) is 0 Å². The molecule has 1 rings (SSSR count). The minimum atomic E-state index is -1.01. The molecule has 0 unspecified atom stereocenters. The molecule has 1 aromatic rings. The Kier molecular flexibility index (Phi) is 14.0. The predicted molar refractivity (Wildman–Crippen MR) is 114 cm³/mol. The van der Waals surface area contributed by atoms with E-state index in [4.69, 9.17) is 9.84 Å². The van der Waals surface area contributed by atoms with Gasteiger partial charge in [-0.25, -0.2) is 4.79 Å². The lowest BCUT2D eigenvalue weighted by Gasteiger charge is -2.05. The van der Waals surface area contributed by atoms with Gasteiger partial charge in [0.15, 0.2) is 12.4 Å². The summed E-state index contributed by atoms with van der Waals surface area (Å²) < 4.78 is 5.07. The molecular weight excluding hydrogens is 352 g/mol. The standard InChI is InChI=1S/C24H38O4/c1-2-3-4-5-6-7-8-9-10-11-12-13-14-15-23(25)21-16-18-22(19-17-21)28-20-24(26)27/h16-19H,2-15,20H2,1H3,(H,26,27). The molecule has 0 bridgehead atoms. The summed E-state index contributed by atoms with van der Waals surface area (Å²) in [7, 11) is 0. The van der Waals surface area contributed by atoms with Gasteiger partial charge in [0.25, 0.3) is 0 Å². The average Bonchev–Trinajstić information content (AvgIpc) is 2.70. The third kappa shape index (κ3) is 12.5. The largest absolute Gasteiger partial charge is 0.482 e. The van der Waals surface area contributed by atoms with Gasteiger partial charge in [-0.1, -0.05) is 84.0 Å². The van der Waals surface area contributed by atoms with Crippen LogP contribution in [0.4, 0.5) is 0 Å². The maximum absolute atomic E-state index is 12.2. The Bertz CT molecular complexity index is 536. The fourth-order valence-electron chi connectivity index (χ4n) is 3.33. The van der Waals surface area contributed by atoms with E-state index in [1.54, 1.807) is 24.3 Å². The highest BCUT2D eigenvalue weighted by Crippen LogP contribution is 2.16. The van der Waals surface area contributed by atoms with Crippen LogP contribution in [-0.4, -0.2) is 23.5 Å². The monoisotopic (exact) mass is 390 g/mol. The molecule has 4 heteroatoms. The zero-order chi connectivity index (χ0) is 20.5. The van der Waals surface area contributed by atoms with E-state index in [1.165, 1.54) is 70.6 Å². The minimum Gasteiger partial charge on any atom is -0.482 e. The fourth-order valence-corrected chi connectivity index (χ4v) is 3.33. The normalized spacial score (nSPS) is 10.8. The first-order valence-electron chi connectivity index (χ1n) is 11.1. The lowest BCUT2D eigenvalue weighted by atomic mass is 10.0. The molecule has 0 atom stereocenters. The lowest BCUT2D eigenvalue weighted by molar-refractivity contribution is -0.139. The molecule has 0 saturated heterocycles. The number of aliphatic carboxylic acids is 1. The van der Waals surface area contributed by atoms with Gasteiger partial charge in [0.1, 0.15) is 5.75 Å². The van der Waals surface area contributed by atoms with Gasteiger partial charge in [-0.05, 0) is 30.7 Å². The summed E-state index contributed by atoms with van der Waals surface area (Å²) in [6.07, 6.45) is 17.5. The number of hydrogen-bond donors (Lipinski definition) is 1. The predicted octanol–water partition coefficient (Wildman–Crippen LogP) is 6.81. The van der Waals surface area contributed by atoms with E-state index in [-0.39, 0.29) is 12.4 Å². The number of ketones is 1. The molecule has 0 saturated carbocycles. The Balaban J connectivity index is 1.98. The summed E-state index contributed by atoms with van der Waals surface area (Å²) in [6.45, 7) is 1.89. The fraction of sp³-hybridized carbons (Fsp3) is 0.667. The number of benzene rings is 1. The van der Waals surface area contributed by atoms with Gasteiger partial charge < -0.3 is 9.84 Å². The number of carbonyl (C=O) groups excluding carboxylic acids is 1. The highest BCUT2D eigenvalue weighted by atomic mass is 16.5. The molecule has 0 heterocycles. The number of ether oxygens (including phenoxy) is 1. The summed E-state index contributed by atoms with van der Waals surface area (Å²) in [5.41, 5.74) is 0.668. The molecule has 28 heavy (non-hydrogen) atoms. The van der Waals surface area contributed by atoms with Crippen molar-refractivity contribution in [2.75, 3.05) is 6.61 Å². The van der Waals surface area contributed by atoms with Crippen LogP contribution >= 0.6 is 0 Å². The maximum Gasteiger partial charge on any atom is 0.341 e. The van der Waals surface area contributed by atoms with Crippen molar-refractivity contribution in [2.45, 2.75) is 96.8 Å². The van der Waals surface area contributed by atoms with Crippen LogP contribution in [-0.2, 0) is 4.79 Å². The van der Waals surface area contributed by atoms with Crippen LogP contribution in [0.1, 0.15) is 107 Å². The molecule has 0 aliphatic heterocycles. The SMILES string of the molecule is CCCCCCCCCCCCCCCC(=O)c1ccc(OCC(=O)O)cc1. The van der Waals surface area contributed by atoms with Crippen molar-refractivity contribution in [2.24, 2.45) is 0 Å². The second-order valence-corrected chi connectivity index (χ2v) is 7.62. The Labute approximate surface area is 170 Å². The number of carboxylic acid groups (broad SMARTS) is 1. The van der Waals surface area contributed by atoms with E-state index in [9.17, 15) is 9.59 Å². The van der Waals surface area contributed by atoms with Gasteiger partial charge in [0.2, 0.25) is 0 Å². The van der Waals surface area contributed by atoms with E-state index >= 15 is 0 Å². The number of carbonyl (C=O) groups is 2. The van der Waals surface area contributed by atoms with E-state index in [1.807, 2.05) is 0 Å². The van der Waals surface area contributed by atoms with Gasteiger partial charge in [-0.15, -0.1) is 0 Å². The van der Waals surface area contributed by atoms with Crippen molar-refractivity contribution in [1.82, 2.24) is 0 Å². The number of unbranched alkanes of at least 4 members (excludes halogenated alkanes) is 12. The number of rotatable bonds is 18. The molecule has 0 amide bonds. The van der Waals surface area contributed by atoms with Crippen LogP contribution in [0.5, 0.6) is 5.75 Å². The third-order valence-electron chi connectivity index (χ3n) is 5.05. The van der Waals surface area contributed by atoms with E-state index in [2.05, 4.69) is 6.92 Å². The highest BCUT2D eigenvalue weighted by Gasteiger charge is 2.06. The summed E-state index contributed by atoms with van der Waals surface area (Å²) in [4.78, 5) is 22.7. The summed E-state index contributed by atoms with van der Waals surface area (Å²) in [5.74, 6) is -0.393. The Morgan fingerprint density at radius 2 is 1.21 bits per heavy atom. The zero-order valence-electron chi connectivity index (χ0n) is 17.6. The van der Waals surface area contributed by atoms with Crippen LogP contribution in [0.15, 0.2) is 24.3 Å². The van der Waals surface area contributed by atoms with E-state index < -0.39 is 5.97 Å². The van der Waals surface area contributed by atoms with Crippen molar-refractivity contribution in [1.29, 1.82) is 0 Å². The van der Waals surface area contributed by atoms with Crippen molar-refractivity contribution >= 4 is 11.8 Å². The van der Waals surface area contributed by atoms with Crippen LogP contribution < -0.4 is 4.74 Å². The summed E-state index contributed by atoms with van der Waals surface area (Å²) in [6, 6.07) is 6.73. The zero-order valence-corrected chi connectivity index (χ0v) is 17.6. The molecule has 0 spiro atoms. The van der Waals surface area contributed by atoms with Crippen molar-refractivity contribution in [3.05, 3.63) is 29.8 Å². The molecule has 158 valence electrons. The minimum absolute atomic E-state index is 0.146. The topological polar surface area (TPSA) is 63.6 Å². The Hall–Kier alpha value is -1.84. The lowest BCUT2D eigenvalue weighted by Crippen LogP contribution is -2.09. The van der Waals surface area contributed by atoms with Crippen molar-refractivity contribution < 1.29 is 19.4 Å². The number of hydrogen-bond acceptors (Lipinski definition) is 3. The third-order valence-corrected chi connectivity index (χ3v) is 5.05. The summed E-state index contributed by atoms with van der Waals surface area (Å²) in [5, 5.41) is 8.59. The number of carboxylic acids is 1. The smallest absolute Gasteiger partial charge is 0.341 e. The molecule has 1 N–H and O–H groups in total. The Morgan fingerprint density at radius 1 is 0.750 bits per heavy atom. The van der Waals surface area contributed by atoms with E-state index in [0.717, 1.165) is 12.8 Å². The molecule has 0 fully saturated rings. The van der Waals surface area contributed by atoms with Crippen LogP contribution in [0.2, 0.25) is 0 Å². The highest BCUT2D eigenvalue weighted by molar-refractivity contribution is 5.96. The molecule has 0 aliphatic rings. The first-order chi connectivity index (χ1) is 13.6. The molecule has 1 aromatic carbocycles. The number of Topliss-reactive ketones (excluding diaryl/α,β-unsaturated/α-hetero) is 1. The van der Waals surface area contributed by atoms with Gasteiger partial charge in [0, 0.05) is 12.0 Å². The van der Waals surface area contributed by atoms with Crippen LogP contribution in [0.3, 0.4) is 0 Å². The van der Waals surface area contributed by atoms with Gasteiger partial charge in [-0.3, -0.25) is 4.79 Å². The molecule has 0 aromatic heterocycles. The summed E-state index contributed by atoms with van der Waals surface area (Å²) >= 11 is 0. The second kappa shape index (κ2) is 16.1. The van der Waals surface area contributed by atoms with Gasteiger partial charge in [0.05, 0.1) is 0 Å².